The van der Waals surface area contributed by atoms with Gasteiger partial charge in [0.15, 0.2) is 0 Å². The minimum absolute atomic E-state index is 0. The first-order valence-electron chi connectivity index (χ1n) is 24.8. The number of aromatic hydroxyl groups is 1. The Morgan fingerprint density at radius 3 is 2.05 bits per heavy atom. The van der Waals surface area contributed by atoms with Gasteiger partial charge in [-0.1, -0.05) is 150 Å². The van der Waals surface area contributed by atoms with E-state index < -0.39 is 83.2 Å². The third-order valence-electron chi connectivity index (χ3n) is 10.1. The molecule has 0 atom stereocenters. The Bertz CT molecular complexity index is 3300. The molecule has 0 bridgehead atoms. The average Bonchev–Trinajstić information content (AvgIpc) is 3.66. The minimum atomic E-state index is -2.97. The minimum Gasteiger partial charge on any atom is -0.507 e. The summed E-state index contributed by atoms with van der Waals surface area (Å²) in [6.07, 6.45) is -0.602. The quantitative estimate of drug-likeness (QED) is 0.154. The number of aromatic nitrogens is 3. The molecule has 6 aromatic carbocycles. The number of hydrogen-bond acceptors (Lipinski definition) is 3. The van der Waals surface area contributed by atoms with E-state index in [2.05, 4.69) is 11.1 Å². The van der Waals surface area contributed by atoms with Crippen LogP contribution in [0.25, 0.3) is 72.7 Å². The zero-order valence-electron chi connectivity index (χ0n) is 45.3. The molecular formula is C53H50N3OPt-. The standard InChI is InChI=1S/C53H50N3O.Pt/c1-33(2)43-14-11-15-44(34(3)4)50(43)37-23-25-42(26-24-37)56-48-17-12-16-45(51(48)55-52(56)46-13-9-10-18-49(46)57)39-29-40(31-41(30-39)53(6,7)8)47-32-38(27-28-54-47)36-21-19-35(5)20-22-36;/h9-28,30-34,57H,1-8H3;/q-1;/i5D3,19D,20D,21D,22D,27D,28D,32D,33D,34D;. The van der Waals surface area contributed by atoms with Gasteiger partial charge in [-0.2, -0.15) is 0 Å². The molecule has 58 heavy (non-hydrogen) atoms. The van der Waals surface area contributed by atoms with Crippen molar-refractivity contribution in [1.82, 2.24) is 14.5 Å². The van der Waals surface area contributed by atoms with Crippen molar-refractivity contribution in [3.8, 4) is 67.5 Å². The van der Waals surface area contributed by atoms with E-state index in [1.165, 1.54) is 0 Å². The van der Waals surface area contributed by atoms with Gasteiger partial charge >= 0.3 is 0 Å². The maximum absolute atomic E-state index is 11.3. The van der Waals surface area contributed by atoms with Gasteiger partial charge in [0.1, 0.15) is 11.6 Å². The Morgan fingerprint density at radius 1 is 0.741 bits per heavy atom. The average molecular weight is 952 g/mol. The third kappa shape index (κ3) is 7.83. The summed E-state index contributed by atoms with van der Waals surface area (Å²) in [4.78, 5) is 9.60. The Kier molecular flexibility index (Phi) is 7.88. The maximum atomic E-state index is 11.3. The van der Waals surface area contributed by atoms with E-state index in [-0.39, 0.29) is 38.1 Å². The van der Waals surface area contributed by atoms with Crippen molar-refractivity contribution in [2.75, 3.05) is 0 Å². The van der Waals surface area contributed by atoms with Crippen LogP contribution in [0.1, 0.15) is 99.0 Å². The number of phenols is 1. The van der Waals surface area contributed by atoms with Crippen LogP contribution in [0.2, 0.25) is 0 Å². The Morgan fingerprint density at radius 2 is 1.40 bits per heavy atom. The molecule has 0 aliphatic carbocycles. The van der Waals surface area contributed by atoms with Crippen molar-refractivity contribution in [2.45, 2.75) is 72.5 Å². The molecule has 0 radical (unpaired) electrons. The molecule has 0 aliphatic rings. The van der Waals surface area contributed by atoms with Gasteiger partial charge in [0.2, 0.25) is 0 Å². The van der Waals surface area contributed by atoms with Crippen LogP contribution in [0.4, 0.5) is 0 Å². The van der Waals surface area contributed by atoms with Gasteiger partial charge in [0, 0.05) is 45.5 Å². The molecule has 8 aromatic rings. The largest absolute Gasteiger partial charge is 0.507 e. The second kappa shape index (κ2) is 16.4. The van der Waals surface area contributed by atoms with Crippen molar-refractivity contribution in [3.63, 3.8) is 0 Å². The number of benzene rings is 6. The van der Waals surface area contributed by atoms with Crippen molar-refractivity contribution >= 4 is 11.0 Å². The molecule has 8 rings (SSSR count). The van der Waals surface area contributed by atoms with E-state index in [1.54, 1.807) is 24.3 Å². The van der Waals surface area contributed by atoms with Crippen LogP contribution in [0, 0.1) is 12.9 Å². The number of phenolic OH excluding ortho intramolecular Hbond substituents is 1. The third-order valence-corrected chi connectivity index (χ3v) is 10.1. The zero-order valence-corrected chi connectivity index (χ0v) is 35.6. The molecule has 0 spiro atoms. The van der Waals surface area contributed by atoms with Gasteiger partial charge in [0.25, 0.3) is 0 Å². The van der Waals surface area contributed by atoms with E-state index in [0.29, 0.717) is 39.2 Å². The van der Waals surface area contributed by atoms with Crippen LogP contribution in [-0.4, -0.2) is 19.6 Å². The molecule has 2 heterocycles. The van der Waals surface area contributed by atoms with Gasteiger partial charge in [-0.05, 0) is 93.8 Å². The number of imidazole rings is 1. The van der Waals surface area contributed by atoms with Crippen LogP contribution >= 0.6 is 0 Å². The molecule has 0 fully saturated rings. The fourth-order valence-electron chi connectivity index (χ4n) is 7.18. The van der Waals surface area contributed by atoms with Crippen LogP contribution in [0.15, 0.2) is 139 Å². The van der Waals surface area contributed by atoms with Gasteiger partial charge < -0.3 is 5.11 Å². The van der Waals surface area contributed by atoms with Crippen molar-refractivity contribution in [2.24, 2.45) is 0 Å². The number of rotatable bonds is 8. The summed E-state index contributed by atoms with van der Waals surface area (Å²) in [6.45, 7) is 10.4. The van der Waals surface area contributed by atoms with Crippen LogP contribution in [-0.2, 0) is 26.5 Å². The summed E-state index contributed by atoms with van der Waals surface area (Å²) < 4.78 is 105. The molecule has 0 saturated carbocycles. The summed E-state index contributed by atoms with van der Waals surface area (Å²) in [7, 11) is 0. The molecule has 0 unspecified atom stereocenters. The Balaban J connectivity index is 0.00000722. The first kappa shape index (κ1) is 28.0. The smallest absolute Gasteiger partial charge is 0.148 e. The molecule has 1 N–H and O–H groups in total. The van der Waals surface area contributed by atoms with E-state index in [0.717, 1.165) is 27.8 Å². The summed E-state index contributed by atoms with van der Waals surface area (Å²) in [5.41, 5.74) is 5.53. The summed E-state index contributed by atoms with van der Waals surface area (Å²) in [6, 6.07) is 29.1. The summed E-state index contributed by atoms with van der Waals surface area (Å²) >= 11 is 0. The molecule has 294 valence electrons. The van der Waals surface area contributed by atoms with Gasteiger partial charge in [-0.25, -0.2) is 4.98 Å². The van der Waals surface area contributed by atoms with E-state index >= 15 is 0 Å². The Hall–Kier alpha value is -5.57. The van der Waals surface area contributed by atoms with Crippen molar-refractivity contribution in [1.29, 1.82) is 0 Å². The number of fused-ring (bicyclic) bond motifs is 1. The van der Waals surface area contributed by atoms with Crippen LogP contribution in [0.5, 0.6) is 5.75 Å². The van der Waals surface area contributed by atoms with Crippen LogP contribution in [0.3, 0.4) is 0 Å². The van der Waals surface area contributed by atoms with Crippen molar-refractivity contribution < 1.29 is 42.6 Å². The molecule has 4 nitrogen and oxygen atoms in total. The van der Waals surface area contributed by atoms with E-state index in [1.807, 2.05) is 126 Å². The zero-order chi connectivity index (χ0) is 50.4. The second-order valence-corrected chi connectivity index (χ2v) is 15.6. The number of para-hydroxylation sites is 2. The molecule has 5 heteroatoms. The normalized spacial score (nSPS) is 15.2. The molecule has 2 aromatic heterocycles. The van der Waals surface area contributed by atoms with Gasteiger partial charge in [-0.3, -0.25) is 9.55 Å². The number of hydrogen-bond donors (Lipinski definition) is 1. The SMILES string of the molecule is [2H]c1nc(-c2[c-]c(-c3cccc4c3nc(-c3ccccc3O)n4-c3ccc(-c4c(C([2H])(C)C)cccc4C([2H])(C)C)cc3)cc(C(C)(C)C)c2)c([2H])c(-c2c([2H])c([2H])c(C([2H])([2H])[2H])c([2H])c2[2H])c1[2H].[Pt]. The molecular weight excluding hydrogens is 890 g/mol. The first-order chi connectivity index (χ1) is 32.1. The monoisotopic (exact) mass is 951 g/mol. The van der Waals surface area contributed by atoms with Gasteiger partial charge in [-0.15, -0.1) is 29.3 Å². The number of nitrogens with zero attached hydrogens (tertiary/aromatic N) is 3. The molecule has 0 amide bonds. The summed E-state index contributed by atoms with van der Waals surface area (Å²) in [5.74, 6) is -1.46. The van der Waals surface area contributed by atoms with E-state index in [4.69, 9.17) is 20.1 Å². The fourth-order valence-corrected chi connectivity index (χ4v) is 7.18. The predicted molar refractivity (Wildman–Crippen MR) is 238 cm³/mol. The van der Waals surface area contributed by atoms with Crippen molar-refractivity contribution in [3.05, 3.63) is 168 Å². The molecule has 0 saturated heterocycles. The maximum Gasteiger partial charge on any atom is 0.148 e. The molecule has 0 aliphatic heterocycles. The second-order valence-electron chi connectivity index (χ2n) is 15.6. The van der Waals surface area contributed by atoms with Gasteiger partial charge in [0.05, 0.1) is 26.2 Å². The first-order valence-corrected chi connectivity index (χ1v) is 18.8. The predicted octanol–water partition coefficient (Wildman–Crippen LogP) is 14.1. The van der Waals surface area contributed by atoms with Crippen LogP contribution < -0.4 is 0 Å². The topological polar surface area (TPSA) is 50.9 Å². The summed E-state index contributed by atoms with van der Waals surface area (Å²) in [5, 5.41) is 11.3. The van der Waals surface area contributed by atoms with E-state index in [9.17, 15) is 6.48 Å². The Labute approximate surface area is 374 Å². The fraction of sp³-hybridized carbons (Fsp3) is 0.208. The number of pyridine rings is 1.